The highest BCUT2D eigenvalue weighted by Gasteiger charge is 2.15. The van der Waals surface area contributed by atoms with E-state index in [0.29, 0.717) is 17.2 Å². The van der Waals surface area contributed by atoms with Gasteiger partial charge in [0.25, 0.3) is 5.91 Å². The highest BCUT2D eigenvalue weighted by molar-refractivity contribution is 6.33. The number of anilines is 1. The molecule has 0 radical (unpaired) electrons. The van der Waals surface area contributed by atoms with Gasteiger partial charge in [-0.25, -0.2) is 9.37 Å². The maximum atomic E-state index is 13.1. The smallest absolute Gasteiger partial charge is 0.259 e. The molecular weight excluding hydrogens is 299 g/mol. The summed E-state index contributed by atoms with van der Waals surface area (Å²) in [6.07, 6.45) is 0.938. The molecule has 5 nitrogen and oxygen atoms in total. The number of pyridine rings is 1. The molecule has 7 heteroatoms. The average molecular weight is 311 g/mol. The van der Waals surface area contributed by atoms with Crippen LogP contribution < -0.4 is 14.8 Å². The molecule has 0 spiro atoms. The first kappa shape index (κ1) is 15.1. The van der Waals surface area contributed by atoms with E-state index in [4.69, 9.17) is 21.1 Å². The fourth-order valence-electron chi connectivity index (χ4n) is 1.67. The van der Waals surface area contributed by atoms with Gasteiger partial charge in [0.15, 0.2) is 0 Å². The lowest BCUT2D eigenvalue weighted by Gasteiger charge is -2.12. The number of benzene rings is 1. The predicted molar refractivity (Wildman–Crippen MR) is 76.7 cm³/mol. The lowest BCUT2D eigenvalue weighted by atomic mass is 10.2. The van der Waals surface area contributed by atoms with Crippen molar-refractivity contribution >= 4 is 23.2 Å². The number of ether oxygens (including phenoxy) is 2. The van der Waals surface area contributed by atoms with E-state index in [1.165, 1.54) is 14.2 Å². The number of methoxy groups -OCH3 is 2. The number of nitrogens with zero attached hydrogens (tertiary/aromatic N) is 1. The van der Waals surface area contributed by atoms with E-state index in [1.807, 2.05) is 0 Å². The number of amides is 1. The summed E-state index contributed by atoms with van der Waals surface area (Å²) < 4.78 is 23.4. The van der Waals surface area contributed by atoms with E-state index < -0.39 is 11.7 Å². The molecule has 0 aliphatic heterocycles. The molecule has 0 fully saturated rings. The number of hydrogen-bond donors (Lipinski definition) is 1. The van der Waals surface area contributed by atoms with Crippen LogP contribution in [0.2, 0.25) is 5.15 Å². The van der Waals surface area contributed by atoms with Crippen molar-refractivity contribution in [1.82, 2.24) is 4.98 Å². The van der Waals surface area contributed by atoms with Crippen molar-refractivity contribution in [2.75, 3.05) is 19.5 Å². The first-order chi connectivity index (χ1) is 10.0. The van der Waals surface area contributed by atoms with E-state index in [2.05, 4.69) is 10.3 Å². The Morgan fingerprint density at radius 1 is 1.29 bits per heavy atom. The zero-order valence-corrected chi connectivity index (χ0v) is 12.1. The molecule has 1 heterocycles. The Hall–Kier alpha value is -2.34. The first-order valence-electron chi connectivity index (χ1n) is 5.89. The van der Waals surface area contributed by atoms with Crippen LogP contribution in [0.5, 0.6) is 11.5 Å². The van der Waals surface area contributed by atoms with Crippen molar-refractivity contribution in [3.63, 3.8) is 0 Å². The Balaban J connectivity index is 2.29. The van der Waals surface area contributed by atoms with Crippen LogP contribution in [0.4, 0.5) is 10.1 Å². The second-order valence-electron chi connectivity index (χ2n) is 4.01. The predicted octanol–water partition coefficient (Wildman–Crippen LogP) is 3.14. The molecule has 1 aromatic carbocycles. The van der Waals surface area contributed by atoms with Crippen LogP contribution >= 0.6 is 11.6 Å². The van der Waals surface area contributed by atoms with E-state index in [1.54, 1.807) is 18.2 Å². The van der Waals surface area contributed by atoms with Crippen molar-refractivity contribution in [1.29, 1.82) is 0 Å². The number of aromatic nitrogens is 1. The van der Waals surface area contributed by atoms with Crippen LogP contribution in [0, 0.1) is 5.82 Å². The lowest BCUT2D eigenvalue weighted by Crippen LogP contribution is -2.14. The second-order valence-corrected chi connectivity index (χ2v) is 4.37. The standard InChI is InChI=1S/C14H12ClFN2O3/c1-20-9-3-4-11(12(6-9)21-2)18-14(19)10-5-8(16)7-17-13(10)15/h3-7H,1-2H3,(H,18,19). The Morgan fingerprint density at radius 3 is 2.71 bits per heavy atom. The summed E-state index contributed by atoms with van der Waals surface area (Å²) in [6.45, 7) is 0. The van der Waals surface area contributed by atoms with Crippen LogP contribution in [-0.4, -0.2) is 25.1 Å². The molecule has 0 saturated heterocycles. The summed E-state index contributed by atoms with van der Waals surface area (Å²) >= 11 is 5.79. The number of rotatable bonds is 4. The van der Waals surface area contributed by atoms with Gasteiger partial charge in [-0.15, -0.1) is 0 Å². The minimum atomic E-state index is -0.647. The second kappa shape index (κ2) is 6.41. The van der Waals surface area contributed by atoms with Gasteiger partial charge in [0.05, 0.1) is 31.7 Å². The Labute approximate surface area is 125 Å². The van der Waals surface area contributed by atoms with Crippen LogP contribution in [0.25, 0.3) is 0 Å². The van der Waals surface area contributed by atoms with Crippen LogP contribution in [0.1, 0.15) is 10.4 Å². The molecular formula is C14H12ClFN2O3. The molecule has 0 aliphatic carbocycles. The van der Waals surface area contributed by atoms with Gasteiger partial charge >= 0.3 is 0 Å². The molecule has 1 N–H and O–H groups in total. The van der Waals surface area contributed by atoms with Crippen LogP contribution in [-0.2, 0) is 0 Å². The summed E-state index contributed by atoms with van der Waals surface area (Å²) in [5.74, 6) is -0.250. The number of halogens is 2. The van der Waals surface area contributed by atoms with Crippen molar-refractivity contribution in [2.45, 2.75) is 0 Å². The van der Waals surface area contributed by atoms with E-state index >= 15 is 0 Å². The van der Waals surface area contributed by atoms with E-state index in [9.17, 15) is 9.18 Å². The van der Waals surface area contributed by atoms with E-state index in [0.717, 1.165) is 12.3 Å². The summed E-state index contributed by atoms with van der Waals surface area (Å²) in [7, 11) is 2.98. The molecule has 0 atom stereocenters. The zero-order chi connectivity index (χ0) is 15.4. The van der Waals surface area contributed by atoms with Gasteiger partial charge < -0.3 is 14.8 Å². The van der Waals surface area contributed by atoms with E-state index in [-0.39, 0.29) is 10.7 Å². The number of carbonyl (C=O) groups excluding carboxylic acids is 1. The van der Waals surface area contributed by atoms with Gasteiger partial charge in [-0.1, -0.05) is 11.6 Å². The van der Waals surface area contributed by atoms with Gasteiger partial charge in [0.1, 0.15) is 22.5 Å². The molecule has 0 bridgehead atoms. The van der Waals surface area contributed by atoms with Gasteiger partial charge in [0.2, 0.25) is 0 Å². The van der Waals surface area contributed by atoms with Gasteiger partial charge in [-0.2, -0.15) is 0 Å². The largest absolute Gasteiger partial charge is 0.497 e. The molecule has 2 aromatic rings. The molecule has 0 unspecified atom stereocenters. The monoisotopic (exact) mass is 310 g/mol. The van der Waals surface area contributed by atoms with Crippen molar-refractivity contribution in [3.8, 4) is 11.5 Å². The number of nitrogens with one attached hydrogen (secondary N) is 1. The Bertz CT molecular complexity index is 679. The maximum absolute atomic E-state index is 13.1. The molecule has 110 valence electrons. The van der Waals surface area contributed by atoms with Crippen molar-refractivity contribution < 1.29 is 18.7 Å². The minimum absolute atomic E-state index is 0.0606. The third-order valence-electron chi connectivity index (χ3n) is 2.71. The average Bonchev–Trinajstić information content (AvgIpc) is 2.49. The third kappa shape index (κ3) is 3.41. The number of carbonyl (C=O) groups is 1. The first-order valence-corrected chi connectivity index (χ1v) is 6.27. The van der Waals surface area contributed by atoms with Crippen molar-refractivity contribution in [3.05, 3.63) is 47.0 Å². The molecule has 1 amide bonds. The fourth-order valence-corrected chi connectivity index (χ4v) is 1.86. The number of hydrogen-bond acceptors (Lipinski definition) is 4. The Morgan fingerprint density at radius 2 is 2.05 bits per heavy atom. The SMILES string of the molecule is COc1ccc(NC(=O)c2cc(F)cnc2Cl)c(OC)c1. The summed E-state index contributed by atoms with van der Waals surface area (Å²) in [6, 6.07) is 5.89. The molecule has 0 saturated carbocycles. The summed E-state index contributed by atoms with van der Waals surface area (Å²) in [4.78, 5) is 15.7. The van der Waals surface area contributed by atoms with Gasteiger partial charge in [-0.05, 0) is 18.2 Å². The molecule has 0 aliphatic rings. The molecule has 21 heavy (non-hydrogen) atoms. The fraction of sp³-hybridized carbons (Fsp3) is 0.143. The molecule has 1 aromatic heterocycles. The minimum Gasteiger partial charge on any atom is -0.497 e. The van der Waals surface area contributed by atoms with Gasteiger partial charge in [-0.3, -0.25) is 4.79 Å². The summed E-state index contributed by atoms with van der Waals surface area (Å²) in [5, 5.41) is 2.50. The highest BCUT2D eigenvalue weighted by Crippen LogP contribution is 2.29. The van der Waals surface area contributed by atoms with Crippen LogP contribution in [0.15, 0.2) is 30.5 Å². The maximum Gasteiger partial charge on any atom is 0.259 e. The lowest BCUT2D eigenvalue weighted by molar-refractivity contribution is 0.102. The highest BCUT2D eigenvalue weighted by atomic mass is 35.5. The topological polar surface area (TPSA) is 60.5 Å². The Kier molecular flexibility index (Phi) is 4.59. The zero-order valence-electron chi connectivity index (χ0n) is 11.3. The van der Waals surface area contributed by atoms with Gasteiger partial charge in [0, 0.05) is 6.07 Å². The van der Waals surface area contributed by atoms with Crippen LogP contribution in [0.3, 0.4) is 0 Å². The quantitative estimate of drug-likeness (QED) is 0.881. The normalized spacial score (nSPS) is 10.1. The van der Waals surface area contributed by atoms with Crippen molar-refractivity contribution in [2.24, 2.45) is 0 Å². The molecule has 2 rings (SSSR count). The third-order valence-corrected chi connectivity index (χ3v) is 3.01. The summed E-state index contributed by atoms with van der Waals surface area (Å²) in [5.41, 5.74) is 0.346.